The number of hydrogen-bond acceptors (Lipinski definition) is 4. The molecule has 18 heavy (non-hydrogen) atoms. The molecule has 2 atom stereocenters. The van der Waals surface area contributed by atoms with Crippen LogP contribution in [0.1, 0.15) is 19.1 Å². The lowest BCUT2D eigenvalue weighted by Crippen LogP contribution is -2.11. The molecule has 1 saturated heterocycles. The lowest BCUT2D eigenvalue weighted by Gasteiger charge is -2.13. The normalized spacial score (nSPS) is 23.7. The maximum absolute atomic E-state index is 13.8. The number of nitrogens with zero attached hydrogens (tertiary/aromatic N) is 3. The van der Waals surface area contributed by atoms with Gasteiger partial charge in [-0.15, -0.1) is 0 Å². The predicted octanol–water partition coefficient (Wildman–Crippen LogP) is 2.10. The highest BCUT2D eigenvalue weighted by molar-refractivity contribution is 6.33. The summed E-state index contributed by atoms with van der Waals surface area (Å²) in [5.74, 6) is -0.492. The Morgan fingerprint density at radius 1 is 1.50 bits per heavy atom. The largest absolute Gasteiger partial charge is 0.347 e. The molecule has 0 amide bonds. The number of carbonyl (C=O) groups is 1. The summed E-state index contributed by atoms with van der Waals surface area (Å²) in [7, 11) is 0. The first-order valence-corrected chi connectivity index (χ1v) is 5.86. The van der Waals surface area contributed by atoms with E-state index in [4.69, 9.17) is 16.3 Å². The number of rotatable bonds is 2. The van der Waals surface area contributed by atoms with Gasteiger partial charge in [0.2, 0.25) is 0 Å². The highest BCUT2D eigenvalue weighted by Crippen LogP contribution is 2.33. The lowest BCUT2D eigenvalue weighted by atomic mass is 10.2. The topological polar surface area (TPSA) is 57.0 Å². The van der Waals surface area contributed by atoms with Crippen LogP contribution in [0.3, 0.4) is 0 Å². The van der Waals surface area contributed by atoms with Crippen molar-refractivity contribution in [3.8, 4) is 0 Å². The van der Waals surface area contributed by atoms with Crippen LogP contribution in [0.25, 0.3) is 11.0 Å². The highest BCUT2D eigenvalue weighted by Gasteiger charge is 2.28. The van der Waals surface area contributed by atoms with E-state index in [9.17, 15) is 9.18 Å². The van der Waals surface area contributed by atoms with Crippen molar-refractivity contribution in [3.63, 3.8) is 0 Å². The van der Waals surface area contributed by atoms with Crippen LogP contribution in [0.15, 0.2) is 12.5 Å². The zero-order valence-corrected chi connectivity index (χ0v) is 9.97. The number of ether oxygens (including phenoxy) is 1. The van der Waals surface area contributed by atoms with Crippen molar-refractivity contribution in [3.05, 3.63) is 23.5 Å². The smallest absolute Gasteiger partial charge is 0.153 e. The maximum atomic E-state index is 13.8. The Kier molecular flexibility index (Phi) is 2.76. The molecule has 0 bridgehead atoms. The molecule has 0 aliphatic carbocycles. The van der Waals surface area contributed by atoms with Gasteiger partial charge in [0, 0.05) is 6.20 Å². The molecule has 1 fully saturated rings. The first-order chi connectivity index (χ1) is 8.70. The summed E-state index contributed by atoms with van der Waals surface area (Å²) in [5, 5.41) is 0.249. The van der Waals surface area contributed by atoms with Crippen LogP contribution in [0.5, 0.6) is 0 Å². The van der Waals surface area contributed by atoms with E-state index in [1.165, 1.54) is 12.5 Å². The van der Waals surface area contributed by atoms with E-state index in [1.807, 2.05) is 0 Å². The summed E-state index contributed by atoms with van der Waals surface area (Å²) in [6, 6.07) is 0. The summed E-state index contributed by atoms with van der Waals surface area (Å²) in [6.45, 7) is 0. The van der Waals surface area contributed by atoms with E-state index < -0.39 is 18.1 Å². The standard InChI is InChI=1S/C11H9ClFN3O2/c12-10-9-7(13)3-16(11(9)15-5-14-10)8-2-1-6(4-17)18-8/h3-6,8H,1-2H2/t6-,8?/m0/s1. The maximum Gasteiger partial charge on any atom is 0.153 e. The van der Waals surface area contributed by atoms with Gasteiger partial charge in [0.1, 0.15) is 35.7 Å². The van der Waals surface area contributed by atoms with Crippen LogP contribution in [-0.4, -0.2) is 26.9 Å². The Labute approximate surface area is 107 Å². The van der Waals surface area contributed by atoms with Gasteiger partial charge in [-0.2, -0.15) is 0 Å². The molecule has 0 spiro atoms. The van der Waals surface area contributed by atoms with Crippen LogP contribution in [0.2, 0.25) is 5.15 Å². The number of fused-ring (bicyclic) bond motifs is 1. The quantitative estimate of drug-likeness (QED) is 0.619. The number of aromatic nitrogens is 3. The molecule has 0 saturated carbocycles. The molecule has 1 unspecified atom stereocenters. The molecule has 5 nitrogen and oxygen atoms in total. The second-order valence-electron chi connectivity index (χ2n) is 4.09. The van der Waals surface area contributed by atoms with Gasteiger partial charge in [0.15, 0.2) is 5.82 Å². The molecular weight excluding hydrogens is 261 g/mol. The van der Waals surface area contributed by atoms with Crippen LogP contribution in [0.4, 0.5) is 4.39 Å². The summed E-state index contributed by atoms with van der Waals surface area (Å²) in [5.41, 5.74) is 0.379. The van der Waals surface area contributed by atoms with Crippen LogP contribution in [0, 0.1) is 5.82 Å². The second-order valence-corrected chi connectivity index (χ2v) is 4.45. The predicted molar refractivity (Wildman–Crippen MR) is 61.7 cm³/mol. The summed E-state index contributed by atoms with van der Waals surface area (Å²) < 4.78 is 20.8. The van der Waals surface area contributed by atoms with Crippen molar-refractivity contribution in [1.29, 1.82) is 0 Å². The van der Waals surface area contributed by atoms with E-state index in [0.717, 1.165) is 6.29 Å². The molecule has 3 rings (SSSR count). The monoisotopic (exact) mass is 269 g/mol. The first kappa shape index (κ1) is 11.6. The van der Waals surface area contributed by atoms with Crippen LogP contribution < -0.4 is 0 Å². The fourth-order valence-corrected chi connectivity index (χ4v) is 2.39. The van der Waals surface area contributed by atoms with E-state index in [2.05, 4.69) is 9.97 Å². The van der Waals surface area contributed by atoms with Crippen molar-refractivity contribution in [1.82, 2.24) is 14.5 Å². The minimum absolute atomic E-state index is 0.0705. The van der Waals surface area contributed by atoms with Crippen molar-refractivity contribution in [2.24, 2.45) is 0 Å². The van der Waals surface area contributed by atoms with Gasteiger partial charge in [0.25, 0.3) is 0 Å². The minimum atomic E-state index is -0.492. The van der Waals surface area contributed by atoms with E-state index in [1.54, 1.807) is 4.57 Å². The van der Waals surface area contributed by atoms with Gasteiger partial charge >= 0.3 is 0 Å². The molecule has 0 N–H and O–H groups in total. The molecule has 7 heteroatoms. The number of hydrogen-bond donors (Lipinski definition) is 0. The molecule has 1 aliphatic rings. The Hall–Kier alpha value is -1.53. The summed E-state index contributed by atoms with van der Waals surface area (Å²) in [4.78, 5) is 18.4. The van der Waals surface area contributed by atoms with Crippen molar-refractivity contribution < 1.29 is 13.9 Å². The van der Waals surface area contributed by atoms with E-state index in [-0.39, 0.29) is 10.5 Å². The number of aldehydes is 1. The lowest BCUT2D eigenvalue weighted by molar-refractivity contribution is -0.119. The number of carbonyl (C=O) groups excluding carboxylic acids is 1. The van der Waals surface area contributed by atoms with Crippen LogP contribution in [-0.2, 0) is 9.53 Å². The summed E-state index contributed by atoms with van der Waals surface area (Å²) in [6.07, 6.45) is 3.73. The minimum Gasteiger partial charge on any atom is -0.347 e. The van der Waals surface area contributed by atoms with E-state index >= 15 is 0 Å². The zero-order valence-electron chi connectivity index (χ0n) is 9.22. The third-order valence-corrected chi connectivity index (χ3v) is 3.30. The third kappa shape index (κ3) is 1.69. The third-order valence-electron chi connectivity index (χ3n) is 3.01. The van der Waals surface area contributed by atoms with Gasteiger partial charge < -0.3 is 14.1 Å². The zero-order chi connectivity index (χ0) is 12.7. The average Bonchev–Trinajstić information content (AvgIpc) is 2.94. The fraction of sp³-hybridized carbons (Fsp3) is 0.364. The molecule has 0 aromatic carbocycles. The molecule has 0 radical (unpaired) electrons. The molecule has 3 heterocycles. The SMILES string of the molecule is O=C[C@@H]1CCC(n2cc(F)c3c(Cl)ncnc32)O1. The molecule has 94 valence electrons. The molecule has 2 aromatic rings. The van der Waals surface area contributed by atoms with Gasteiger partial charge in [-0.05, 0) is 12.8 Å². The number of halogens is 2. The highest BCUT2D eigenvalue weighted by atomic mass is 35.5. The Balaban J connectivity index is 2.08. The second kappa shape index (κ2) is 4.29. The molecular formula is C11H9ClFN3O2. The fourth-order valence-electron chi connectivity index (χ4n) is 2.17. The Morgan fingerprint density at radius 2 is 2.33 bits per heavy atom. The van der Waals surface area contributed by atoms with Gasteiger partial charge in [-0.3, -0.25) is 0 Å². The Morgan fingerprint density at radius 3 is 3.06 bits per heavy atom. The Bertz CT molecular complexity index is 616. The molecule has 2 aromatic heterocycles. The van der Waals surface area contributed by atoms with Gasteiger partial charge in [-0.1, -0.05) is 11.6 Å². The van der Waals surface area contributed by atoms with Gasteiger partial charge in [0.05, 0.1) is 5.39 Å². The summed E-state index contributed by atoms with van der Waals surface area (Å²) >= 11 is 5.84. The first-order valence-electron chi connectivity index (χ1n) is 5.48. The molecule has 1 aliphatic heterocycles. The van der Waals surface area contributed by atoms with Crippen molar-refractivity contribution in [2.75, 3.05) is 0 Å². The van der Waals surface area contributed by atoms with Gasteiger partial charge in [-0.25, -0.2) is 14.4 Å². The van der Waals surface area contributed by atoms with Crippen LogP contribution >= 0.6 is 11.6 Å². The van der Waals surface area contributed by atoms with Crippen molar-refractivity contribution in [2.45, 2.75) is 25.2 Å². The van der Waals surface area contributed by atoms with E-state index in [0.29, 0.717) is 18.5 Å². The van der Waals surface area contributed by atoms with Crippen molar-refractivity contribution >= 4 is 28.9 Å². The average molecular weight is 270 g/mol.